The molecule has 158 valence electrons. The summed E-state index contributed by atoms with van der Waals surface area (Å²) in [5.74, 6) is 1.23. The molecule has 0 amide bonds. The van der Waals surface area contributed by atoms with Gasteiger partial charge in [-0.3, -0.25) is 9.98 Å². The molecule has 2 aliphatic rings. The van der Waals surface area contributed by atoms with Gasteiger partial charge in [-0.25, -0.2) is 9.78 Å². The van der Waals surface area contributed by atoms with Gasteiger partial charge in [-0.15, -0.1) is 0 Å². The van der Waals surface area contributed by atoms with Crippen LogP contribution in [-0.4, -0.2) is 67.3 Å². The predicted molar refractivity (Wildman–Crippen MR) is 112 cm³/mol. The zero-order valence-electron chi connectivity index (χ0n) is 16.9. The van der Waals surface area contributed by atoms with E-state index in [9.17, 15) is 9.90 Å². The van der Waals surface area contributed by atoms with E-state index in [2.05, 4.69) is 32.3 Å². The minimum Gasteiger partial charge on any atom is -0.493 e. The predicted octanol–water partition coefficient (Wildman–Crippen LogP) is -0.184. The van der Waals surface area contributed by atoms with Crippen LogP contribution in [0.15, 0.2) is 22.1 Å². The normalized spacial score (nSPS) is 19.8. The van der Waals surface area contributed by atoms with Crippen molar-refractivity contribution in [3.05, 3.63) is 39.1 Å². The second kappa shape index (κ2) is 7.60. The van der Waals surface area contributed by atoms with Crippen LogP contribution in [0.1, 0.15) is 31.4 Å². The van der Waals surface area contributed by atoms with Crippen LogP contribution in [0.3, 0.4) is 0 Å². The van der Waals surface area contributed by atoms with Crippen LogP contribution in [0.4, 0.5) is 5.82 Å². The summed E-state index contributed by atoms with van der Waals surface area (Å²) < 4.78 is 1.72. The monoisotopic (exact) mass is 410 g/mol. The van der Waals surface area contributed by atoms with Gasteiger partial charge >= 0.3 is 5.69 Å². The van der Waals surface area contributed by atoms with Crippen LogP contribution in [0.25, 0.3) is 11.7 Å². The average Bonchev–Trinajstić information content (AvgIpc) is 3.39. The quantitative estimate of drug-likeness (QED) is 0.462. The molecule has 1 aliphatic heterocycles. The van der Waals surface area contributed by atoms with Gasteiger partial charge in [0, 0.05) is 23.9 Å². The lowest BCUT2D eigenvalue weighted by Gasteiger charge is -2.29. The van der Waals surface area contributed by atoms with Crippen molar-refractivity contribution in [3.63, 3.8) is 0 Å². The molecule has 1 saturated heterocycles. The first-order chi connectivity index (χ1) is 14.5. The molecule has 0 radical (unpaired) electrons. The van der Waals surface area contributed by atoms with E-state index in [1.54, 1.807) is 16.8 Å². The Morgan fingerprint density at radius 1 is 1.30 bits per heavy atom. The summed E-state index contributed by atoms with van der Waals surface area (Å²) in [6.45, 7) is 2.91. The molecule has 2 fully saturated rings. The van der Waals surface area contributed by atoms with E-state index in [1.807, 2.05) is 6.07 Å². The molecule has 3 aromatic heterocycles. The topological polar surface area (TPSA) is 127 Å². The molecule has 5 rings (SSSR count). The SMILES string of the molecule is CN1CCC(Nc2cc(=NCC3CC3)n3nc/c(=C\c4[nH]c(=O)[nH]c4O)c3n2)CC1. The van der Waals surface area contributed by atoms with E-state index in [1.165, 1.54) is 12.8 Å². The first-order valence-corrected chi connectivity index (χ1v) is 10.4. The van der Waals surface area contributed by atoms with Crippen molar-refractivity contribution in [2.24, 2.45) is 10.9 Å². The van der Waals surface area contributed by atoms with E-state index >= 15 is 0 Å². The van der Waals surface area contributed by atoms with E-state index in [4.69, 9.17) is 9.98 Å². The number of aromatic amines is 2. The maximum absolute atomic E-state index is 11.5. The van der Waals surface area contributed by atoms with Crippen LogP contribution in [0.2, 0.25) is 0 Å². The molecule has 0 aromatic carbocycles. The van der Waals surface area contributed by atoms with Crippen LogP contribution in [0, 0.1) is 5.92 Å². The maximum Gasteiger partial charge on any atom is 0.326 e. The molecular weight excluding hydrogens is 384 g/mol. The highest BCUT2D eigenvalue weighted by Gasteiger charge is 2.21. The van der Waals surface area contributed by atoms with Crippen molar-refractivity contribution in [2.75, 3.05) is 32.0 Å². The fraction of sp³-hybridized carbons (Fsp3) is 0.500. The van der Waals surface area contributed by atoms with E-state index in [0.717, 1.165) is 43.8 Å². The zero-order valence-corrected chi connectivity index (χ0v) is 16.9. The van der Waals surface area contributed by atoms with E-state index < -0.39 is 5.69 Å². The number of piperidine rings is 1. The van der Waals surface area contributed by atoms with E-state index in [-0.39, 0.29) is 5.88 Å². The number of aromatic hydroxyl groups is 1. The van der Waals surface area contributed by atoms with Gasteiger partial charge in [0.15, 0.2) is 11.1 Å². The lowest BCUT2D eigenvalue weighted by atomic mass is 10.1. The summed E-state index contributed by atoms with van der Waals surface area (Å²) in [7, 11) is 2.14. The summed E-state index contributed by atoms with van der Waals surface area (Å²) in [5, 5.41) is 18.6. The Kier molecular flexibility index (Phi) is 4.78. The van der Waals surface area contributed by atoms with Crippen LogP contribution >= 0.6 is 0 Å². The number of hydrogen-bond acceptors (Lipinski definition) is 7. The highest BCUT2D eigenvalue weighted by atomic mass is 16.3. The lowest BCUT2D eigenvalue weighted by Crippen LogP contribution is -2.37. The number of fused-ring (bicyclic) bond motifs is 1. The lowest BCUT2D eigenvalue weighted by molar-refractivity contribution is 0.263. The maximum atomic E-state index is 11.5. The fourth-order valence-electron chi connectivity index (χ4n) is 3.79. The minimum absolute atomic E-state index is 0.210. The van der Waals surface area contributed by atoms with Crippen molar-refractivity contribution in [2.45, 2.75) is 31.7 Å². The van der Waals surface area contributed by atoms with Crippen molar-refractivity contribution in [1.82, 2.24) is 29.5 Å². The van der Waals surface area contributed by atoms with Gasteiger partial charge in [-0.2, -0.15) is 9.61 Å². The van der Waals surface area contributed by atoms with E-state index in [0.29, 0.717) is 28.5 Å². The smallest absolute Gasteiger partial charge is 0.326 e. The van der Waals surface area contributed by atoms with Gasteiger partial charge in [0.2, 0.25) is 5.88 Å². The third-order valence-electron chi connectivity index (χ3n) is 5.79. The standard InChI is InChI=1S/C20H26N8O2/c1-27-6-4-14(5-7-27)23-16-9-17(21-10-12-2-3-12)28-18(25-16)13(11-22-28)8-15-19(29)26-20(30)24-15/h8-9,11-12,14,23,29H,2-7,10H2,1H3,(H2,24,26,30)/b13-8+,21-17?. The van der Waals surface area contributed by atoms with Gasteiger partial charge in [-0.1, -0.05) is 0 Å². The molecule has 10 heteroatoms. The van der Waals surface area contributed by atoms with Crippen molar-refractivity contribution in [3.8, 4) is 5.88 Å². The second-order valence-corrected chi connectivity index (χ2v) is 8.33. The largest absolute Gasteiger partial charge is 0.493 e. The van der Waals surface area contributed by atoms with Crippen molar-refractivity contribution in [1.29, 1.82) is 0 Å². The molecule has 0 unspecified atom stereocenters. The summed E-state index contributed by atoms with van der Waals surface area (Å²) in [4.78, 5) is 28.3. The summed E-state index contributed by atoms with van der Waals surface area (Å²) >= 11 is 0. The first-order valence-electron chi connectivity index (χ1n) is 10.4. The highest BCUT2D eigenvalue weighted by molar-refractivity contribution is 5.58. The molecule has 1 saturated carbocycles. The van der Waals surface area contributed by atoms with Gasteiger partial charge in [0.1, 0.15) is 11.5 Å². The highest BCUT2D eigenvalue weighted by Crippen LogP contribution is 2.28. The number of likely N-dealkylation sites (tertiary alicyclic amines) is 1. The minimum atomic E-state index is -0.465. The number of anilines is 1. The number of hydrogen-bond donors (Lipinski definition) is 4. The molecule has 3 aromatic rings. The fourth-order valence-corrected chi connectivity index (χ4v) is 3.79. The number of nitrogens with one attached hydrogen (secondary N) is 3. The zero-order chi connectivity index (χ0) is 20.7. The van der Waals surface area contributed by atoms with Crippen LogP contribution < -0.4 is 21.7 Å². The molecule has 1 aliphatic carbocycles. The molecule has 0 bridgehead atoms. The second-order valence-electron chi connectivity index (χ2n) is 8.33. The summed E-state index contributed by atoms with van der Waals surface area (Å²) in [6, 6.07) is 2.33. The molecule has 0 spiro atoms. The summed E-state index contributed by atoms with van der Waals surface area (Å²) in [6.07, 6.45) is 7.92. The van der Waals surface area contributed by atoms with Crippen LogP contribution in [0.5, 0.6) is 5.88 Å². The average molecular weight is 410 g/mol. The van der Waals surface area contributed by atoms with Crippen molar-refractivity contribution < 1.29 is 5.11 Å². The molecule has 4 heterocycles. The Bertz CT molecular complexity index is 1230. The Balaban J connectivity index is 1.57. The number of H-pyrrole nitrogens is 2. The Labute approximate surface area is 172 Å². The Morgan fingerprint density at radius 3 is 2.80 bits per heavy atom. The third-order valence-corrected chi connectivity index (χ3v) is 5.79. The van der Waals surface area contributed by atoms with Crippen LogP contribution in [-0.2, 0) is 0 Å². The van der Waals surface area contributed by atoms with Gasteiger partial charge in [0.05, 0.1) is 6.20 Å². The molecule has 0 atom stereocenters. The number of nitrogens with zero attached hydrogens (tertiary/aromatic N) is 5. The van der Waals surface area contributed by atoms with Gasteiger partial charge in [0.25, 0.3) is 0 Å². The van der Waals surface area contributed by atoms with Gasteiger partial charge in [-0.05, 0) is 57.8 Å². The number of rotatable bonds is 5. The van der Waals surface area contributed by atoms with Crippen molar-refractivity contribution >= 4 is 17.5 Å². The third kappa shape index (κ3) is 3.95. The Hall–Kier alpha value is -3.14. The van der Waals surface area contributed by atoms with Gasteiger partial charge < -0.3 is 20.3 Å². The number of aromatic nitrogens is 5. The molecule has 30 heavy (non-hydrogen) atoms. The number of imidazole rings is 1. The molecular formula is C20H26N8O2. The molecule has 10 nitrogen and oxygen atoms in total. The molecule has 4 N–H and O–H groups in total. The summed E-state index contributed by atoms with van der Waals surface area (Å²) in [5.41, 5.74) is 1.22. The Morgan fingerprint density at radius 2 is 2.10 bits per heavy atom. The first kappa shape index (κ1) is 18.9.